The number of benzene rings is 2. The zero-order valence-corrected chi connectivity index (χ0v) is 14.6. The van der Waals surface area contributed by atoms with Gasteiger partial charge in [0.1, 0.15) is 5.75 Å². The molecule has 0 spiro atoms. The fourth-order valence-corrected chi connectivity index (χ4v) is 2.49. The molecule has 5 heteroatoms. The van der Waals surface area contributed by atoms with Crippen molar-refractivity contribution in [1.82, 2.24) is 5.32 Å². The number of ether oxygens (including phenoxy) is 3. The van der Waals surface area contributed by atoms with E-state index in [4.69, 9.17) is 25.8 Å². The summed E-state index contributed by atoms with van der Waals surface area (Å²) in [5, 5.41) is 4.22. The van der Waals surface area contributed by atoms with Gasteiger partial charge in [0.2, 0.25) is 0 Å². The van der Waals surface area contributed by atoms with E-state index in [1.165, 1.54) is 5.56 Å². The van der Waals surface area contributed by atoms with Crippen LogP contribution in [0.1, 0.15) is 24.1 Å². The molecule has 0 fully saturated rings. The Morgan fingerprint density at radius 1 is 0.913 bits per heavy atom. The highest BCUT2D eigenvalue weighted by atomic mass is 35.5. The Bertz CT molecular complexity index is 643. The quantitative estimate of drug-likeness (QED) is 0.822. The molecule has 2 aromatic rings. The summed E-state index contributed by atoms with van der Waals surface area (Å²) in [6.45, 7) is 2.75. The molecule has 124 valence electrons. The molecular formula is C18H22ClNO3. The molecule has 1 N–H and O–H groups in total. The predicted molar refractivity (Wildman–Crippen MR) is 92.8 cm³/mol. The van der Waals surface area contributed by atoms with Gasteiger partial charge >= 0.3 is 0 Å². The highest BCUT2D eigenvalue weighted by molar-refractivity contribution is 6.30. The monoisotopic (exact) mass is 335 g/mol. The van der Waals surface area contributed by atoms with Gasteiger partial charge in [-0.25, -0.2) is 0 Å². The molecule has 0 heterocycles. The molecule has 0 radical (unpaired) electrons. The fraction of sp³-hybridized carbons (Fsp3) is 0.333. The zero-order chi connectivity index (χ0) is 16.8. The zero-order valence-electron chi connectivity index (χ0n) is 13.9. The number of nitrogens with one attached hydrogen (secondary N) is 1. The van der Waals surface area contributed by atoms with Crippen LogP contribution in [0.3, 0.4) is 0 Å². The summed E-state index contributed by atoms with van der Waals surface area (Å²) in [7, 11) is 4.88. The number of hydrogen-bond acceptors (Lipinski definition) is 4. The Balaban J connectivity index is 2.14. The van der Waals surface area contributed by atoms with Crippen molar-refractivity contribution in [2.75, 3.05) is 21.3 Å². The second-order valence-corrected chi connectivity index (χ2v) is 5.61. The lowest BCUT2D eigenvalue weighted by molar-refractivity contribution is 0.346. The van der Waals surface area contributed by atoms with Crippen molar-refractivity contribution in [2.24, 2.45) is 0 Å². The summed E-state index contributed by atoms with van der Waals surface area (Å²) in [5.41, 5.74) is 2.18. The third-order valence-electron chi connectivity index (χ3n) is 3.76. The van der Waals surface area contributed by atoms with Gasteiger partial charge in [-0.15, -0.1) is 0 Å². The lowest BCUT2D eigenvalue weighted by Crippen LogP contribution is -2.18. The van der Waals surface area contributed by atoms with E-state index >= 15 is 0 Å². The summed E-state index contributed by atoms with van der Waals surface area (Å²) in [6, 6.07) is 11.8. The van der Waals surface area contributed by atoms with Crippen LogP contribution in [0.25, 0.3) is 0 Å². The van der Waals surface area contributed by atoms with Gasteiger partial charge < -0.3 is 19.5 Å². The van der Waals surface area contributed by atoms with Gasteiger partial charge in [-0.3, -0.25) is 0 Å². The molecule has 0 saturated carbocycles. The molecule has 0 bridgehead atoms. The lowest BCUT2D eigenvalue weighted by Gasteiger charge is -2.18. The van der Waals surface area contributed by atoms with E-state index in [2.05, 4.69) is 12.2 Å². The van der Waals surface area contributed by atoms with Crippen molar-refractivity contribution < 1.29 is 14.2 Å². The average Bonchev–Trinajstić information content (AvgIpc) is 2.59. The van der Waals surface area contributed by atoms with Crippen LogP contribution in [-0.2, 0) is 6.54 Å². The molecule has 0 amide bonds. The van der Waals surface area contributed by atoms with Crippen molar-refractivity contribution in [1.29, 1.82) is 0 Å². The summed E-state index contributed by atoms with van der Waals surface area (Å²) in [6.07, 6.45) is 0. The van der Waals surface area contributed by atoms with E-state index in [9.17, 15) is 0 Å². The third-order valence-corrected chi connectivity index (χ3v) is 4.01. The first-order valence-electron chi connectivity index (χ1n) is 7.36. The maximum Gasteiger partial charge on any atom is 0.164 e. The predicted octanol–water partition coefficient (Wildman–Crippen LogP) is 4.22. The van der Waals surface area contributed by atoms with E-state index in [1.807, 2.05) is 36.4 Å². The van der Waals surface area contributed by atoms with Crippen molar-refractivity contribution in [3.05, 3.63) is 52.5 Å². The van der Waals surface area contributed by atoms with Crippen LogP contribution in [0.5, 0.6) is 17.2 Å². The van der Waals surface area contributed by atoms with Crippen LogP contribution in [0.15, 0.2) is 36.4 Å². The van der Waals surface area contributed by atoms with Gasteiger partial charge in [0.25, 0.3) is 0 Å². The number of halogens is 1. The molecule has 1 unspecified atom stereocenters. The second kappa shape index (κ2) is 8.09. The summed E-state index contributed by atoms with van der Waals surface area (Å²) in [4.78, 5) is 0. The van der Waals surface area contributed by atoms with Crippen LogP contribution < -0.4 is 19.5 Å². The van der Waals surface area contributed by atoms with Gasteiger partial charge in [-0.05, 0) is 30.7 Å². The Labute approximate surface area is 142 Å². The molecule has 2 rings (SSSR count). The minimum Gasteiger partial charge on any atom is -0.496 e. The topological polar surface area (TPSA) is 39.7 Å². The average molecular weight is 336 g/mol. The summed E-state index contributed by atoms with van der Waals surface area (Å²) < 4.78 is 16.1. The molecule has 0 aromatic heterocycles. The first kappa shape index (κ1) is 17.4. The Hall–Kier alpha value is -1.91. The Kier molecular flexibility index (Phi) is 6.13. The Morgan fingerprint density at radius 3 is 2.04 bits per heavy atom. The first-order chi connectivity index (χ1) is 11.1. The van der Waals surface area contributed by atoms with Gasteiger partial charge in [0.05, 0.1) is 21.3 Å². The normalized spacial score (nSPS) is 11.9. The van der Waals surface area contributed by atoms with Crippen molar-refractivity contribution in [2.45, 2.75) is 19.5 Å². The smallest absolute Gasteiger partial charge is 0.164 e. The van der Waals surface area contributed by atoms with Crippen LogP contribution in [0.2, 0.25) is 5.02 Å². The van der Waals surface area contributed by atoms with E-state index in [0.29, 0.717) is 18.0 Å². The molecule has 0 aliphatic heterocycles. The van der Waals surface area contributed by atoms with Crippen molar-refractivity contribution in [3.8, 4) is 17.2 Å². The molecular weight excluding hydrogens is 314 g/mol. The van der Waals surface area contributed by atoms with E-state index in [1.54, 1.807) is 21.3 Å². The summed E-state index contributed by atoms with van der Waals surface area (Å²) in [5.74, 6) is 2.10. The number of hydrogen-bond donors (Lipinski definition) is 1. The molecule has 23 heavy (non-hydrogen) atoms. The largest absolute Gasteiger partial charge is 0.496 e. The third kappa shape index (κ3) is 4.30. The molecule has 0 aliphatic rings. The SMILES string of the molecule is COc1cc(OC)c(OC)cc1CNC(C)c1ccc(Cl)cc1. The maximum atomic E-state index is 5.93. The standard InChI is InChI=1S/C18H22ClNO3/c1-12(13-5-7-15(19)8-6-13)20-11-14-9-17(22-3)18(23-4)10-16(14)21-2/h5-10,12,20H,11H2,1-4H3. The lowest BCUT2D eigenvalue weighted by atomic mass is 10.1. The molecule has 0 aliphatic carbocycles. The maximum absolute atomic E-state index is 5.93. The highest BCUT2D eigenvalue weighted by Gasteiger charge is 2.13. The van der Waals surface area contributed by atoms with E-state index < -0.39 is 0 Å². The second-order valence-electron chi connectivity index (χ2n) is 5.17. The first-order valence-corrected chi connectivity index (χ1v) is 7.74. The fourth-order valence-electron chi connectivity index (χ4n) is 2.36. The highest BCUT2D eigenvalue weighted by Crippen LogP contribution is 2.34. The van der Waals surface area contributed by atoms with Crippen molar-refractivity contribution >= 4 is 11.6 Å². The molecule has 1 atom stereocenters. The van der Waals surface area contributed by atoms with E-state index in [-0.39, 0.29) is 6.04 Å². The molecule has 2 aromatic carbocycles. The van der Waals surface area contributed by atoms with Gasteiger partial charge in [0.15, 0.2) is 11.5 Å². The molecule has 0 saturated heterocycles. The van der Waals surface area contributed by atoms with Crippen LogP contribution in [-0.4, -0.2) is 21.3 Å². The Morgan fingerprint density at radius 2 is 1.48 bits per heavy atom. The minimum absolute atomic E-state index is 0.185. The van der Waals surface area contributed by atoms with Gasteiger partial charge in [-0.1, -0.05) is 23.7 Å². The van der Waals surface area contributed by atoms with Crippen LogP contribution in [0, 0.1) is 0 Å². The van der Waals surface area contributed by atoms with Gasteiger partial charge in [-0.2, -0.15) is 0 Å². The van der Waals surface area contributed by atoms with Crippen molar-refractivity contribution in [3.63, 3.8) is 0 Å². The van der Waals surface area contributed by atoms with E-state index in [0.717, 1.165) is 16.3 Å². The number of methoxy groups -OCH3 is 3. The van der Waals surface area contributed by atoms with Crippen LogP contribution >= 0.6 is 11.6 Å². The van der Waals surface area contributed by atoms with Gasteiger partial charge in [0, 0.05) is 29.2 Å². The van der Waals surface area contributed by atoms with Crippen LogP contribution in [0.4, 0.5) is 0 Å². The molecule has 4 nitrogen and oxygen atoms in total. The summed E-state index contributed by atoms with van der Waals surface area (Å²) >= 11 is 5.93. The number of rotatable bonds is 7. The minimum atomic E-state index is 0.185.